The van der Waals surface area contributed by atoms with Crippen LogP contribution in [0.25, 0.3) is 0 Å². The van der Waals surface area contributed by atoms with Gasteiger partial charge < -0.3 is 15.2 Å². The Morgan fingerprint density at radius 3 is 2.32 bits per heavy atom. The lowest BCUT2D eigenvalue weighted by Crippen LogP contribution is -2.50. The van der Waals surface area contributed by atoms with Gasteiger partial charge in [0.05, 0.1) is 0 Å². The number of hydrogen-bond acceptors (Lipinski definition) is 5. The lowest BCUT2D eigenvalue weighted by molar-refractivity contribution is -0.128. The molecule has 9 heteroatoms. The van der Waals surface area contributed by atoms with E-state index in [1.54, 1.807) is 37.3 Å². The van der Waals surface area contributed by atoms with Crippen LogP contribution in [0.5, 0.6) is 0 Å². The van der Waals surface area contributed by atoms with Gasteiger partial charge in [-0.25, -0.2) is 0 Å². The molecule has 3 aromatic rings. The van der Waals surface area contributed by atoms with Crippen molar-refractivity contribution in [1.29, 1.82) is 0 Å². The van der Waals surface area contributed by atoms with E-state index in [9.17, 15) is 14.4 Å². The Hall–Kier alpha value is -3.65. The summed E-state index contributed by atoms with van der Waals surface area (Å²) in [6.45, 7) is 9.58. The highest BCUT2D eigenvalue weighted by molar-refractivity contribution is 6.31. The molecule has 38 heavy (non-hydrogen) atoms. The molecule has 1 unspecified atom stereocenters. The first-order valence-corrected chi connectivity index (χ1v) is 13.1. The highest BCUT2D eigenvalue weighted by Gasteiger charge is 2.36. The molecule has 0 saturated carbocycles. The molecule has 1 atom stereocenters. The molecule has 0 spiro atoms. The summed E-state index contributed by atoms with van der Waals surface area (Å²) < 4.78 is 4.98. The molecule has 0 bridgehead atoms. The Labute approximate surface area is 228 Å². The normalized spacial score (nSPS) is 12.1. The molecule has 0 saturated heterocycles. The van der Waals surface area contributed by atoms with Gasteiger partial charge in [0.25, 0.3) is 0 Å². The maximum atomic E-state index is 13.8. The molecule has 0 aliphatic rings. The largest absolute Gasteiger partial charge is 0.360 e. The maximum absolute atomic E-state index is 13.8. The molecule has 202 valence electrons. The van der Waals surface area contributed by atoms with Crippen LogP contribution in [0, 0.1) is 6.92 Å². The Kier molecular flexibility index (Phi) is 9.69. The van der Waals surface area contributed by atoms with Gasteiger partial charge in [-0.1, -0.05) is 60.9 Å². The lowest BCUT2D eigenvalue weighted by Gasteiger charge is -2.35. The number of nitrogens with one attached hydrogen (secondary N) is 2. The number of hydrogen-bond donors (Lipinski definition) is 2. The molecule has 3 rings (SSSR count). The van der Waals surface area contributed by atoms with Crippen molar-refractivity contribution in [3.05, 3.63) is 76.5 Å². The minimum atomic E-state index is -1.05. The van der Waals surface area contributed by atoms with Gasteiger partial charge in [-0.2, -0.15) is 0 Å². The van der Waals surface area contributed by atoms with Crippen molar-refractivity contribution in [3.63, 3.8) is 0 Å². The highest BCUT2D eigenvalue weighted by Crippen LogP contribution is 2.33. The second-order valence-corrected chi connectivity index (χ2v) is 10.2. The fraction of sp³-hybridized carbons (Fsp3) is 0.379. The number of benzene rings is 2. The highest BCUT2D eigenvalue weighted by atomic mass is 35.5. The molecule has 1 heterocycles. The molecule has 0 aliphatic heterocycles. The van der Waals surface area contributed by atoms with Gasteiger partial charge in [-0.15, -0.1) is 0 Å². The molecule has 0 fully saturated rings. The van der Waals surface area contributed by atoms with E-state index >= 15 is 0 Å². The Morgan fingerprint density at radius 1 is 1.05 bits per heavy atom. The monoisotopic (exact) mass is 538 g/mol. The number of amides is 3. The van der Waals surface area contributed by atoms with Crippen LogP contribution in [0.2, 0.25) is 5.02 Å². The van der Waals surface area contributed by atoms with E-state index in [4.69, 9.17) is 16.1 Å². The van der Waals surface area contributed by atoms with E-state index in [2.05, 4.69) is 15.8 Å². The average Bonchev–Trinajstić information content (AvgIpc) is 3.30. The van der Waals surface area contributed by atoms with Crippen molar-refractivity contribution in [1.82, 2.24) is 10.5 Å². The molecule has 2 aromatic carbocycles. The smallest absolute Gasteiger partial charge is 0.248 e. The minimum Gasteiger partial charge on any atom is -0.360 e. The number of rotatable bonds is 11. The van der Waals surface area contributed by atoms with Crippen molar-refractivity contribution in [2.75, 3.05) is 10.2 Å². The van der Waals surface area contributed by atoms with Crippen molar-refractivity contribution in [2.24, 2.45) is 0 Å². The first kappa shape index (κ1) is 28.9. The zero-order valence-corrected chi connectivity index (χ0v) is 23.3. The summed E-state index contributed by atoms with van der Waals surface area (Å²) in [4.78, 5) is 41.6. The van der Waals surface area contributed by atoms with Crippen molar-refractivity contribution in [3.8, 4) is 0 Å². The first-order valence-electron chi connectivity index (χ1n) is 12.7. The van der Waals surface area contributed by atoms with E-state index in [1.165, 1.54) is 4.90 Å². The van der Waals surface area contributed by atoms with Crippen LogP contribution in [-0.2, 0) is 20.8 Å². The number of anilines is 2. The topological polar surface area (TPSA) is 105 Å². The molecule has 0 radical (unpaired) electrons. The number of aryl methyl sites for hydroxylation is 2. The third-order valence-electron chi connectivity index (χ3n) is 6.40. The Balaban J connectivity index is 1.98. The standard InChI is InChI=1S/C29H35ClN4O4/c1-6-20-12-14-21(15-13-20)34(26(36)17-16-25(35)31-24-18-19(3)38-33-24)27(22-10-8-9-11-23(22)30)28(37)32-29(4,5)7-2/h8-15,18,27H,6-7,16-17H2,1-5H3,(H,32,37)(H,31,33,35). The first-order chi connectivity index (χ1) is 18.0. The summed E-state index contributed by atoms with van der Waals surface area (Å²) in [7, 11) is 0. The summed E-state index contributed by atoms with van der Waals surface area (Å²) >= 11 is 6.57. The molecule has 2 N–H and O–H groups in total. The van der Waals surface area contributed by atoms with E-state index in [0.29, 0.717) is 28.5 Å². The molecule has 8 nitrogen and oxygen atoms in total. The van der Waals surface area contributed by atoms with Gasteiger partial charge in [0.15, 0.2) is 5.82 Å². The van der Waals surface area contributed by atoms with E-state index < -0.39 is 23.4 Å². The number of nitrogens with zero attached hydrogens (tertiary/aromatic N) is 2. The summed E-state index contributed by atoms with van der Waals surface area (Å²) in [5.41, 5.74) is 1.62. The minimum absolute atomic E-state index is 0.106. The van der Waals surface area contributed by atoms with Gasteiger partial charge in [0, 0.05) is 40.7 Å². The van der Waals surface area contributed by atoms with Crippen molar-refractivity contribution < 1.29 is 18.9 Å². The zero-order valence-electron chi connectivity index (χ0n) is 22.5. The van der Waals surface area contributed by atoms with Gasteiger partial charge in [0.1, 0.15) is 11.8 Å². The second-order valence-electron chi connectivity index (χ2n) is 9.81. The van der Waals surface area contributed by atoms with Crippen LogP contribution in [-0.4, -0.2) is 28.4 Å². The fourth-order valence-electron chi connectivity index (χ4n) is 3.89. The molecule has 3 amide bonds. The number of carbonyl (C=O) groups is 3. The molecular weight excluding hydrogens is 504 g/mol. The van der Waals surface area contributed by atoms with Crippen LogP contribution in [0.3, 0.4) is 0 Å². The SMILES string of the molecule is CCc1ccc(N(C(=O)CCC(=O)Nc2cc(C)on2)C(C(=O)NC(C)(C)CC)c2ccccc2Cl)cc1. The maximum Gasteiger partial charge on any atom is 0.248 e. The van der Waals surface area contributed by atoms with E-state index in [1.807, 2.05) is 52.0 Å². The Morgan fingerprint density at radius 2 is 1.74 bits per heavy atom. The van der Waals surface area contributed by atoms with E-state index in [-0.39, 0.29) is 24.6 Å². The third-order valence-corrected chi connectivity index (χ3v) is 6.75. The predicted molar refractivity (Wildman–Crippen MR) is 149 cm³/mol. The summed E-state index contributed by atoms with van der Waals surface area (Å²) in [5, 5.41) is 9.82. The quantitative estimate of drug-likeness (QED) is 0.311. The van der Waals surface area contributed by atoms with Crippen molar-refractivity contribution >= 4 is 40.8 Å². The summed E-state index contributed by atoms with van der Waals surface area (Å²) in [5.74, 6) is -0.307. The molecule has 1 aromatic heterocycles. The van der Waals surface area contributed by atoms with Crippen LogP contribution in [0.15, 0.2) is 59.1 Å². The van der Waals surface area contributed by atoms with Gasteiger partial charge in [-0.3, -0.25) is 19.3 Å². The summed E-state index contributed by atoms with van der Waals surface area (Å²) in [6, 6.07) is 15.0. The van der Waals surface area contributed by atoms with Crippen LogP contribution < -0.4 is 15.5 Å². The fourth-order valence-corrected chi connectivity index (χ4v) is 4.12. The van der Waals surface area contributed by atoms with E-state index in [0.717, 1.165) is 12.0 Å². The number of aromatic nitrogens is 1. The van der Waals surface area contributed by atoms with Crippen LogP contribution in [0.4, 0.5) is 11.5 Å². The number of carbonyl (C=O) groups excluding carboxylic acids is 3. The summed E-state index contributed by atoms with van der Waals surface area (Å²) in [6.07, 6.45) is 1.28. The zero-order chi connectivity index (χ0) is 27.9. The molecule has 0 aliphatic carbocycles. The molecular formula is C29H35ClN4O4. The average molecular weight is 539 g/mol. The van der Waals surface area contributed by atoms with Crippen LogP contribution >= 0.6 is 11.6 Å². The number of halogens is 1. The third kappa shape index (κ3) is 7.44. The Bertz CT molecular complexity index is 1270. The van der Waals surface area contributed by atoms with Gasteiger partial charge >= 0.3 is 0 Å². The lowest BCUT2D eigenvalue weighted by atomic mass is 9.97. The predicted octanol–water partition coefficient (Wildman–Crippen LogP) is 6.00. The second kappa shape index (κ2) is 12.7. The van der Waals surface area contributed by atoms with Gasteiger partial charge in [-0.05, 0) is 57.4 Å². The van der Waals surface area contributed by atoms with Crippen LogP contribution in [0.1, 0.15) is 69.9 Å². The van der Waals surface area contributed by atoms with Crippen molar-refractivity contribution in [2.45, 2.75) is 71.9 Å². The van der Waals surface area contributed by atoms with Gasteiger partial charge in [0.2, 0.25) is 17.7 Å².